The van der Waals surface area contributed by atoms with E-state index in [0.29, 0.717) is 19.3 Å². The molecular formula is C56H96O6. The minimum atomic E-state index is -0.796. The zero-order valence-electron chi connectivity index (χ0n) is 40.6. The largest absolute Gasteiger partial charge is 0.462 e. The van der Waals surface area contributed by atoms with E-state index in [1.165, 1.54) is 103 Å². The number of hydrogen-bond acceptors (Lipinski definition) is 6. The Morgan fingerprint density at radius 1 is 0.339 bits per heavy atom. The Kier molecular flexibility index (Phi) is 47.9. The van der Waals surface area contributed by atoms with Gasteiger partial charge in [-0.25, -0.2) is 0 Å². The van der Waals surface area contributed by atoms with Gasteiger partial charge in [-0.1, -0.05) is 190 Å². The summed E-state index contributed by atoms with van der Waals surface area (Å²) in [5, 5.41) is 0. The zero-order valence-corrected chi connectivity index (χ0v) is 40.6. The first-order chi connectivity index (χ1) is 30.5. The van der Waals surface area contributed by atoms with Crippen molar-refractivity contribution in [3.05, 3.63) is 72.9 Å². The maximum Gasteiger partial charge on any atom is 0.306 e. The van der Waals surface area contributed by atoms with Crippen LogP contribution in [0, 0.1) is 0 Å². The van der Waals surface area contributed by atoms with Gasteiger partial charge in [0, 0.05) is 19.3 Å². The lowest BCUT2D eigenvalue weighted by Gasteiger charge is -2.18. The summed E-state index contributed by atoms with van der Waals surface area (Å²) >= 11 is 0. The van der Waals surface area contributed by atoms with Crippen LogP contribution in [0.4, 0.5) is 0 Å². The molecule has 0 rings (SSSR count). The Morgan fingerprint density at radius 2 is 0.629 bits per heavy atom. The SMILES string of the molecule is CC/C=C\C/C=C\C/C=C\CCCCCC(=O)OC(COC(=O)CCCCCCC/C=C\CCCCCC)COC(=O)CCCCCCCCC/C=C\C/C=C\CCCCCC. The molecule has 0 spiro atoms. The molecule has 0 saturated heterocycles. The molecule has 1 atom stereocenters. The molecule has 6 heteroatoms. The predicted molar refractivity (Wildman–Crippen MR) is 265 cm³/mol. The Hall–Kier alpha value is -3.15. The van der Waals surface area contributed by atoms with Crippen LogP contribution in [0.3, 0.4) is 0 Å². The van der Waals surface area contributed by atoms with Gasteiger partial charge in [-0.3, -0.25) is 14.4 Å². The Labute approximate surface area is 382 Å². The van der Waals surface area contributed by atoms with Crippen LogP contribution in [0.1, 0.15) is 245 Å². The third-order valence-electron chi connectivity index (χ3n) is 10.9. The number of unbranched alkanes of at least 4 members (excludes halogenated alkanes) is 23. The molecule has 356 valence electrons. The molecule has 1 unspecified atom stereocenters. The quantitative estimate of drug-likeness (QED) is 0.0262. The topological polar surface area (TPSA) is 78.9 Å². The molecule has 0 aromatic carbocycles. The van der Waals surface area contributed by atoms with Crippen LogP contribution >= 0.6 is 0 Å². The van der Waals surface area contributed by atoms with Gasteiger partial charge in [0.25, 0.3) is 0 Å². The number of hydrogen-bond donors (Lipinski definition) is 0. The average molecular weight is 865 g/mol. The lowest BCUT2D eigenvalue weighted by molar-refractivity contribution is -0.167. The molecule has 0 amide bonds. The van der Waals surface area contributed by atoms with Gasteiger partial charge in [-0.15, -0.1) is 0 Å². The van der Waals surface area contributed by atoms with Crippen molar-refractivity contribution in [3.8, 4) is 0 Å². The molecule has 0 fully saturated rings. The minimum absolute atomic E-state index is 0.0943. The second kappa shape index (κ2) is 50.5. The van der Waals surface area contributed by atoms with Crippen LogP contribution < -0.4 is 0 Å². The Morgan fingerprint density at radius 3 is 1.02 bits per heavy atom. The van der Waals surface area contributed by atoms with E-state index in [2.05, 4.69) is 93.7 Å². The second-order valence-corrected chi connectivity index (χ2v) is 17.0. The molecule has 0 aliphatic carbocycles. The molecule has 62 heavy (non-hydrogen) atoms. The molecule has 0 saturated carbocycles. The molecule has 0 N–H and O–H groups in total. The number of carbonyl (C=O) groups excluding carboxylic acids is 3. The summed E-state index contributed by atoms with van der Waals surface area (Å²) in [4.78, 5) is 37.9. The minimum Gasteiger partial charge on any atom is -0.462 e. The van der Waals surface area contributed by atoms with Crippen molar-refractivity contribution in [2.75, 3.05) is 13.2 Å². The molecule has 0 bridgehead atoms. The van der Waals surface area contributed by atoms with Gasteiger partial charge in [0.2, 0.25) is 0 Å². The number of esters is 3. The Bertz CT molecular complexity index is 1180. The summed E-state index contributed by atoms with van der Waals surface area (Å²) in [5.74, 6) is -0.939. The average Bonchev–Trinajstić information content (AvgIpc) is 3.27. The van der Waals surface area contributed by atoms with Crippen molar-refractivity contribution in [2.45, 2.75) is 252 Å². The number of ether oxygens (including phenoxy) is 3. The highest BCUT2D eigenvalue weighted by atomic mass is 16.6. The van der Waals surface area contributed by atoms with E-state index in [4.69, 9.17) is 14.2 Å². The maximum absolute atomic E-state index is 12.8. The van der Waals surface area contributed by atoms with Gasteiger partial charge in [0.15, 0.2) is 6.10 Å². The highest BCUT2D eigenvalue weighted by molar-refractivity contribution is 5.71. The highest BCUT2D eigenvalue weighted by Crippen LogP contribution is 2.14. The van der Waals surface area contributed by atoms with Gasteiger partial charge in [0.1, 0.15) is 13.2 Å². The van der Waals surface area contributed by atoms with E-state index >= 15 is 0 Å². The van der Waals surface area contributed by atoms with Crippen LogP contribution in [0.2, 0.25) is 0 Å². The molecule has 0 aromatic rings. The predicted octanol–water partition coefficient (Wildman–Crippen LogP) is 17.0. The first-order valence-corrected chi connectivity index (χ1v) is 25.9. The summed E-state index contributed by atoms with van der Waals surface area (Å²) < 4.78 is 16.8. The van der Waals surface area contributed by atoms with Gasteiger partial charge in [0.05, 0.1) is 0 Å². The van der Waals surface area contributed by atoms with Crippen LogP contribution in [-0.2, 0) is 28.6 Å². The molecule has 0 radical (unpaired) electrons. The first kappa shape index (κ1) is 58.9. The summed E-state index contributed by atoms with van der Waals surface area (Å²) in [6.45, 7) is 6.45. The lowest BCUT2D eigenvalue weighted by atomic mass is 10.1. The normalized spacial score (nSPS) is 12.6. The van der Waals surface area contributed by atoms with Gasteiger partial charge in [-0.2, -0.15) is 0 Å². The van der Waals surface area contributed by atoms with E-state index in [-0.39, 0.29) is 31.1 Å². The summed E-state index contributed by atoms with van der Waals surface area (Å²) in [6, 6.07) is 0. The van der Waals surface area contributed by atoms with Crippen LogP contribution in [0.15, 0.2) is 72.9 Å². The first-order valence-electron chi connectivity index (χ1n) is 25.9. The summed E-state index contributed by atoms with van der Waals surface area (Å²) in [6.07, 6.45) is 63.1. The van der Waals surface area contributed by atoms with Crippen molar-refractivity contribution in [1.82, 2.24) is 0 Å². The van der Waals surface area contributed by atoms with E-state index in [9.17, 15) is 14.4 Å². The number of allylic oxidation sites excluding steroid dienone is 12. The fraction of sp³-hybridized carbons (Fsp3) is 0.732. The van der Waals surface area contributed by atoms with Crippen LogP contribution in [0.5, 0.6) is 0 Å². The monoisotopic (exact) mass is 865 g/mol. The highest BCUT2D eigenvalue weighted by Gasteiger charge is 2.19. The van der Waals surface area contributed by atoms with Gasteiger partial charge < -0.3 is 14.2 Å². The van der Waals surface area contributed by atoms with Crippen molar-refractivity contribution in [2.24, 2.45) is 0 Å². The fourth-order valence-corrected chi connectivity index (χ4v) is 7.01. The van der Waals surface area contributed by atoms with E-state index in [1.807, 2.05) is 0 Å². The molecule has 0 aliphatic rings. The van der Waals surface area contributed by atoms with Crippen molar-refractivity contribution < 1.29 is 28.6 Å². The molecular weight excluding hydrogens is 769 g/mol. The smallest absolute Gasteiger partial charge is 0.306 e. The molecule has 0 aliphatic heterocycles. The number of rotatable bonds is 46. The van der Waals surface area contributed by atoms with Crippen molar-refractivity contribution >= 4 is 17.9 Å². The summed E-state index contributed by atoms with van der Waals surface area (Å²) in [7, 11) is 0. The maximum atomic E-state index is 12.8. The van der Waals surface area contributed by atoms with Crippen LogP contribution in [-0.4, -0.2) is 37.2 Å². The Balaban J connectivity index is 4.42. The van der Waals surface area contributed by atoms with Crippen molar-refractivity contribution in [1.29, 1.82) is 0 Å². The number of carbonyl (C=O) groups is 3. The van der Waals surface area contributed by atoms with E-state index in [0.717, 1.165) is 103 Å². The van der Waals surface area contributed by atoms with Gasteiger partial charge in [-0.05, 0) is 109 Å². The second-order valence-electron chi connectivity index (χ2n) is 17.0. The van der Waals surface area contributed by atoms with Crippen LogP contribution in [0.25, 0.3) is 0 Å². The standard InChI is InChI=1S/C56H96O6/c1-4-7-10-13-16-19-22-25-26-27-28-29-32-34-37-40-43-46-49-55(58)61-52-53(62-56(59)50-47-44-41-38-35-31-24-21-18-15-12-9-6-3)51-60-54(57)48-45-42-39-36-33-30-23-20-17-14-11-8-5-2/h9,12,18-23,26-27,31,35,53H,4-8,10-11,13-17,24-25,28-30,32-34,36-52H2,1-3H3/b12-9-,21-18-,22-19-,23-20-,27-26-,35-31-. The van der Waals surface area contributed by atoms with E-state index in [1.54, 1.807) is 0 Å². The zero-order chi connectivity index (χ0) is 45.1. The molecule has 0 heterocycles. The lowest BCUT2D eigenvalue weighted by Crippen LogP contribution is -2.30. The summed E-state index contributed by atoms with van der Waals surface area (Å²) in [5.41, 5.74) is 0. The molecule has 0 aromatic heterocycles. The third kappa shape index (κ3) is 47.9. The third-order valence-corrected chi connectivity index (χ3v) is 10.9. The van der Waals surface area contributed by atoms with E-state index < -0.39 is 6.10 Å². The molecule has 6 nitrogen and oxygen atoms in total. The van der Waals surface area contributed by atoms with Gasteiger partial charge >= 0.3 is 17.9 Å². The van der Waals surface area contributed by atoms with Crippen molar-refractivity contribution in [3.63, 3.8) is 0 Å². The fourth-order valence-electron chi connectivity index (χ4n) is 7.01.